The summed E-state index contributed by atoms with van der Waals surface area (Å²) in [6.07, 6.45) is 6.29. The molecule has 0 fully saturated rings. The van der Waals surface area contributed by atoms with Crippen LogP contribution in [0.4, 0.5) is 5.00 Å². The van der Waals surface area contributed by atoms with Crippen LogP contribution in [0.1, 0.15) is 64.9 Å². The molecule has 0 radical (unpaired) electrons. The van der Waals surface area contributed by atoms with Crippen molar-refractivity contribution in [3.63, 3.8) is 0 Å². The average Bonchev–Trinajstić information content (AvgIpc) is 3.61. The number of nitrogens with one attached hydrogen (secondary N) is 1. The van der Waals surface area contributed by atoms with Crippen molar-refractivity contribution in [2.45, 2.75) is 53.2 Å². The van der Waals surface area contributed by atoms with Crippen LogP contribution in [0.25, 0.3) is 0 Å². The highest BCUT2D eigenvalue weighted by atomic mass is 127. The van der Waals surface area contributed by atoms with E-state index in [9.17, 15) is 4.79 Å². The number of carbonyl (C=O) groups is 1. The highest BCUT2D eigenvalue weighted by Gasteiger charge is 2.33. The second kappa shape index (κ2) is 13.2. The van der Waals surface area contributed by atoms with Gasteiger partial charge in [-0.05, 0) is 94.6 Å². The summed E-state index contributed by atoms with van der Waals surface area (Å²) in [5.41, 5.74) is 3.75. The molecule has 1 N–H and O–H groups in total. The SMILES string of the molecule is COc1cc(C=Nc2sc3c(c2C(=O)NCc2ccco2)CC[C@H](C(C)(C)C)C3)cc(I)c1OCc1ccccc1Cl. The second-order valence-electron chi connectivity index (χ2n) is 11.4. The third-order valence-corrected chi connectivity index (χ3v) is 9.95. The van der Waals surface area contributed by atoms with Crippen LogP contribution in [0.3, 0.4) is 0 Å². The number of amides is 1. The first kappa shape index (κ1) is 30.6. The summed E-state index contributed by atoms with van der Waals surface area (Å²) < 4.78 is 18.1. The van der Waals surface area contributed by atoms with Crippen LogP contribution < -0.4 is 14.8 Å². The van der Waals surface area contributed by atoms with Gasteiger partial charge in [0.2, 0.25) is 0 Å². The normalized spacial score (nSPS) is 15.0. The van der Waals surface area contributed by atoms with Crippen LogP contribution in [-0.4, -0.2) is 19.2 Å². The number of rotatable bonds is 9. The number of thiophene rings is 1. The molecule has 2 aromatic carbocycles. The standard InChI is InChI=1S/C33H34ClIN2O4S/c1-33(2,3)22-11-12-24-28(16-22)42-32(29(24)31(38)36-18-23-9-7-13-40-23)37-17-20-14-26(35)30(27(15-20)39-4)41-19-21-8-5-6-10-25(21)34/h5-10,13-15,17,22H,11-12,16,18-19H2,1-4H3,(H,36,38)/t22-/m0/s1. The van der Waals surface area contributed by atoms with E-state index in [-0.39, 0.29) is 11.3 Å². The molecule has 1 aliphatic rings. The fourth-order valence-corrected chi connectivity index (χ4v) is 7.40. The number of ether oxygens (including phenoxy) is 2. The molecule has 2 aromatic heterocycles. The number of furan rings is 1. The molecule has 1 amide bonds. The number of hydrogen-bond acceptors (Lipinski definition) is 6. The molecule has 1 aliphatic carbocycles. The maximum Gasteiger partial charge on any atom is 0.255 e. The van der Waals surface area contributed by atoms with Crippen molar-refractivity contribution in [2.24, 2.45) is 16.3 Å². The third-order valence-electron chi connectivity index (χ3n) is 7.61. The third kappa shape index (κ3) is 7.03. The van der Waals surface area contributed by atoms with Crippen LogP contribution in [0.2, 0.25) is 5.02 Å². The van der Waals surface area contributed by atoms with E-state index in [0.29, 0.717) is 46.9 Å². The molecule has 5 rings (SSSR count). The minimum absolute atomic E-state index is 0.124. The van der Waals surface area contributed by atoms with E-state index in [0.717, 1.165) is 44.5 Å². The lowest BCUT2D eigenvalue weighted by Gasteiger charge is -2.33. The summed E-state index contributed by atoms with van der Waals surface area (Å²) in [6, 6.07) is 15.2. The van der Waals surface area contributed by atoms with Gasteiger partial charge in [-0.1, -0.05) is 50.6 Å². The molecule has 42 heavy (non-hydrogen) atoms. The molecule has 2 heterocycles. The van der Waals surface area contributed by atoms with Crippen LogP contribution >= 0.6 is 45.5 Å². The van der Waals surface area contributed by atoms with Crippen molar-refractivity contribution in [1.29, 1.82) is 0 Å². The van der Waals surface area contributed by atoms with Gasteiger partial charge >= 0.3 is 0 Å². The molecule has 6 nitrogen and oxygen atoms in total. The van der Waals surface area contributed by atoms with Crippen LogP contribution in [0.15, 0.2) is 64.2 Å². The van der Waals surface area contributed by atoms with Gasteiger partial charge in [0.05, 0.1) is 29.1 Å². The maximum atomic E-state index is 13.5. The predicted octanol–water partition coefficient (Wildman–Crippen LogP) is 9.02. The Morgan fingerprint density at radius 1 is 1.24 bits per heavy atom. The van der Waals surface area contributed by atoms with Crippen molar-refractivity contribution >= 4 is 62.7 Å². The van der Waals surface area contributed by atoms with E-state index < -0.39 is 0 Å². The van der Waals surface area contributed by atoms with Gasteiger partial charge in [0.15, 0.2) is 11.5 Å². The van der Waals surface area contributed by atoms with E-state index >= 15 is 0 Å². The average molecular weight is 717 g/mol. The Hall–Kier alpha value is -2.82. The molecule has 4 aromatic rings. The van der Waals surface area contributed by atoms with Crippen LogP contribution in [-0.2, 0) is 26.0 Å². The van der Waals surface area contributed by atoms with E-state index in [2.05, 4.69) is 48.7 Å². The molecule has 0 unspecified atom stereocenters. The fourth-order valence-electron chi connectivity index (χ4n) is 5.16. The molecular weight excluding hydrogens is 683 g/mol. The second-order valence-corrected chi connectivity index (χ2v) is 14.1. The zero-order valence-electron chi connectivity index (χ0n) is 24.1. The van der Waals surface area contributed by atoms with E-state index in [1.54, 1.807) is 30.9 Å². The monoisotopic (exact) mass is 716 g/mol. The van der Waals surface area contributed by atoms with Crippen molar-refractivity contribution in [2.75, 3.05) is 7.11 Å². The number of fused-ring (bicyclic) bond motifs is 1. The van der Waals surface area contributed by atoms with Crippen molar-refractivity contribution < 1.29 is 18.7 Å². The quantitative estimate of drug-likeness (QED) is 0.139. The highest BCUT2D eigenvalue weighted by Crippen LogP contribution is 2.45. The van der Waals surface area contributed by atoms with Gasteiger partial charge in [-0.15, -0.1) is 11.3 Å². The summed E-state index contributed by atoms with van der Waals surface area (Å²) in [6.45, 7) is 7.54. The number of halogens is 2. The fraction of sp³-hybridized carbons (Fsp3) is 0.333. The Labute approximate surface area is 269 Å². The Bertz CT molecular complexity index is 1590. The lowest BCUT2D eigenvalue weighted by molar-refractivity contribution is 0.0947. The molecule has 0 aliphatic heterocycles. The van der Waals surface area contributed by atoms with Gasteiger partial charge < -0.3 is 19.2 Å². The molecule has 0 saturated carbocycles. The van der Waals surface area contributed by atoms with Crippen LogP contribution in [0.5, 0.6) is 11.5 Å². The number of carbonyl (C=O) groups excluding carboxylic acids is 1. The van der Waals surface area contributed by atoms with Gasteiger partial charge in [0, 0.05) is 21.7 Å². The first-order valence-corrected chi connectivity index (χ1v) is 16.1. The summed E-state index contributed by atoms with van der Waals surface area (Å²) in [7, 11) is 1.62. The number of benzene rings is 2. The van der Waals surface area contributed by atoms with Gasteiger partial charge in [0.25, 0.3) is 5.91 Å². The largest absolute Gasteiger partial charge is 0.493 e. The number of hydrogen-bond donors (Lipinski definition) is 1. The van der Waals surface area contributed by atoms with E-state index in [4.69, 9.17) is 30.5 Å². The minimum atomic E-state index is -0.124. The Morgan fingerprint density at radius 2 is 2.05 bits per heavy atom. The first-order valence-electron chi connectivity index (χ1n) is 13.9. The maximum absolute atomic E-state index is 13.5. The zero-order valence-corrected chi connectivity index (χ0v) is 27.9. The first-order chi connectivity index (χ1) is 20.1. The van der Waals surface area contributed by atoms with E-state index in [1.165, 1.54) is 4.88 Å². The van der Waals surface area contributed by atoms with Crippen molar-refractivity contribution in [3.8, 4) is 11.5 Å². The lowest BCUT2D eigenvalue weighted by atomic mass is 9.72. The molecule has 0 spiro atoms. The van der Waals surface area contributed by atoms with Gasteiger partial charge in [0.1, 0.15) is 17.4 Å². The Balaban J connectivity index is 1.42. The Kier molecular flexibility index (Phi) is 9.64. The van der Waals surface area contributed by atoms with Crippen molar-refractivity contribution in [1.82, 2.24) is 5.32 Å². The van der Waals surface area contributed by atoms with Crippen LogP contribution in [0, 0.1) is 14.9 Å². The minimum Gasteiger partial charge on any atom is -0.493 e. The van der Waals surface area contributed by atoms with Crippen molar-refractivity contribution in [3.05, 3.63) is 96.3 Å². The van der Waals surface area contributed by atoms with Gasteiger partial charge in [-0.25, -0.2) is 4.99 Å². The topological polar surface area (TPSA) is 73.1 Å². The van der Waals surface area contributed by atoms with Gasteiger partial charge in [-0.3, -0.25) is 4.79 Å². The summed E-state index contributed by atoms with van der Waals surface area (Å²) >= 11 is 10.2. The molecule has 0 saturated heterocycles. The number of methoxy groups -OCH3 is 1. The number of aliphatic imine (C=N–C) groups is 1. The molecule has 0 bridgehead atoms. The smallest absolute Gasteiger partial charge is 0.255 e. The lowest BCUT2D eigenvalue weighted by Crippen LogP contribution is -2.28. The number of nitrogens with zero attached hydrogens (tertiary/aromatic N) is 1. The van der Waals surface area contributed by atoms with E-state index in [1.807, 2.05) is 48.5 Å². The Morgan fingerprint density at radius 3 is 2.76 bits per heavy atom. The molecule has 220 valence electrons. The summed E-state index contributed by atoms with van der Waals surface area (Å²) in [4.78, 5) is 19.7. The molecular formula is C33H34ClIN2O4S. The molecule has 1 atom stereocenters. The molecule has 9 heteroatoms. The van der Waals surface area contributed by atoms with Gasteiger partial charge in [-0.2, -0.15) is 0 Å². The predicted molar refractivity (Wildman–Crippen MR) is 178 cm³/mol. The summed E-state index contributed by atoms with van der Waals surface area (Å²) in [5.74, 6) is 2.39. The highest BCUT2D eigenvalue weighted by molar-refractivity contribution is 14.1. The zero-order chi connectivity index (χ0) is 29.9. The summed E-state index contributed by atoms with van der Waals surface area (Å²) in [5, 5.41) is 4.42.